The summed E-state index contributed by atoms with van der Waals surface area (Å²) >= 11 is 3.66. The number of likely N-dealkylation sites (N-methyl/N-ethyl adjacent to an activating group) is 1. The molecule has 2 heterocycles. The first-order valence-corrected chi connectivity index (χ1v) is 13.9. The molecular weight excluding hydrogens is 572 g/mol. The van der Waals surface area contributed by atoms with Crippen LogP contribution in [0.15, 0.2) is 81.7 Å². The lowest BCUT2D eigenvalue weighted by molar-refractivity contribution is -0.140. The number of fused-ring (bicyclic) bond motifs is 1. The quantitative estimate of drug-likeness (QED) is 0.268. The summed E-state index contributed by atoms with van der Waals surface area (Å²) in [6.45, 7) is 2.01. The fourth-order valence-electron chi connectivity index (χ4n) is 5.22. The van der Waals surface area contributed by atoms with E-state index in [2.05, 4.69) is 26.6 Å². The molecular formula is C31H31BrN4O4. The standard InChI is InChI=1S/C31H31BrN4O4/c1-19(37)33-22-13-11-21(12-14-22)29-27(32)24-18-23(15-16-26(24)40-29)34-30(38)25-10-7-17-36(25)31(39)28(35(2)3)20-8-5-4-6-9-20/h4-6,8-9,11-16,18,25,28H,7,10,17H2,1-3H3,(H,33,37)(H,34,38)/t25-,28+/m0/s1. The highest BCUT2D eigenvalue weighted by molar-refractivity contribution is 9.10. The fourth-order valence-corrected chi connectivity index (χ4v) is 5.84. The van der Waals surface area contributed by atoms with E-state index in [9.17, 15) is 14.4 Å². The second kappa shape index (κ2) is 11.7. The van der Waals surface area contributed by atoms with Crippen LogP contribution < -0.4 is 10.6 Å². The van der Waals surface area contributed by atoms with Crippen LogP contribution in [0, 0.1) is 0 Å². The molecule has 0 unspecified atom stereocenters. The van der Waals surface area contributed by atoms with Crippen molar-refractivity contribution in [3.05, 3.63) is 82.8 Å². The van der Waals surface area contributed by atoms with E-state index in [4.69, 9.17) is 4.42 Å². The number of halogens is 1. The van der Waals surface area contributed by atoms with Gasteiger partial charge in [-0.3, -0.25) is 19.3 Å². The summed E-state index contributed by atoms with van der Waals surface area (Å²) in [5, 5.41) is 6.59. The van der Waals surface area contributed by atoms with E-state index in [0.29, 0.717) is 35.7 Å². The van der Waals surface area contributed by atoms with Crippen molar-refractivity contribution >= 4 is 56.0 Å². The van der Waals surface area contributed by atoms with E-state index in [1.54, 1.807) is 11.0 Å². The van der Waals surface area contributed by atoms with Crippen molar-refractivity contribution in [3.63, 3.8) is 0 Å². The minimum absolute atomic E-state index is 0.0731. The molecule has 0 spiro atoms. The molecule has 2 N–H and O–H groups in total. The van der Waals surface area contributed by atoms with E-state index in [0.717, 1.165) is 27.4 Å². The maximum Gasteiger partial charge on any atom is 0.247 e. The lowest BCUT2D eigenvalue weighted by Crippen LogP contribution is -2.47. The zero-order valence-electron chi connectivity index (χ0n) is 22.6. The molecule has 1 aliphatic rings. The van der Waals surface area contributed by atoms with Gasteiger partial charge in [0.2, 0.25) is 17.7 Å². The molecule has 1 aliphatic heterocycles. The molecule has 2 atom stereocenters. The maximum atomic E-state index is 13.7. The number of rotatable bonds is 7. The van der Waals surface area contributed by atoms with Crippen molar-refractivity contribution in [1.82, 2.24) is 9.80 Å². The average Bonchev–Trinajstić information content (AvgIpc) is 3.55. The predicted molar refractivity (Wildman–Crippen MR) is 160 cm³/mol. The molecule has 0 aliphatic carbocycles. The summed E-state index contributed by atoms with van der Waals surface area (Å²) in [5.74, 6) is 0.238. The van der Waals surface area contributed by atoms with Gasteiger partial charge >= 0.3 is 0 Å². The molecule has 5 rings (SSSR count). The highest BCUT2D eigenvalue weighted by Crippen LogP contribution is 2.39. The summed E-state index contributed by atoms with van der Waals surface area (Å²) in [6, 6.07) is 21.5. The number of carbonyl (C=O) groups excluding carboxylic acids is 3. The molecule has 206 valence electrons. The number of nitrogens with one attached hydrogen (secondary N) is 2. The van der Waals surface area contributed by atoms with Crippen LogP contribution in [0.1, 0.15) is 31.4 Å². The number of likely N-dealkylation sites (tertiary alicyclic amines) is 1. The Morgan fingerprint density at radius 1 is 0.975 bits per heavy atom. The van der Waals surface area contributed by atoms with Crippen LogP contribution in [0.5, 0.6) is 0 Å². The van der Waals surface area contributed by atoms with Gasteiger partial charge in [0.05, 0.1) is 4.47 Å². The maximum absolute atomic E-state index is 13.7. The van der Waals surface area contributed by atoms with E-state index in [1.807, 2.05) is 85.7 Å². The van der Waals surface area contributed by atoms with Crippen LogP contribution in [0.3, 0.4) is 0 Å². The number of hydrogen-bond donors (Lipinski definition) is 2. The highest BCUT2D eigenvalue weighted by atomic mass is 79.9. The zero-order chi connectivity index (χ0) is 28.4. The van der Waals surface area contributed by atoms with Gasteiger partial charge in [-0.25, -0.2) is 0 Å². The lowest BCUT2D eigenvalue weighted by Gasteiger charge is -2.31. The Kier molecular flexibility index (Phi) is 8.04. The summed E-state index contributed by atoms with van der Waals surface area (Å²) in [7, 11) is 3.76. The van der Waals surface area contributed by atoms with Gasteiger partial charge < -0.3 is 20.0 Å². The topological polar surface area (TPSA) is 94.9 Å². The van der Waals surface area contributed by atoms with Crippen LogP contribution in [-0.4, -0.2) is 54.2 Å². The average molecular weight is 604 g/mol. The first-order valence-electron chi connectivity index (χ1n) is 13.2. The molecule has 1 saturated heterocycles. The van der Waals surface area contributed by atoms with Crippen LogP contribution >= 0.6 is 15.9 Å². The molecule has 1 fully saturated rings. The van der Waals surface area contributed by atoms with Gasteiger partial charge in [-0.2, -0.15) is 0 Å². The number of amides is 3. The summed E-state index contributed by atoms with van der Waals surface area (Å²) in [5.41, 5.74) is 3.74. The summed E-state index contributed by atoms with van der Waals surface area (Å²) < 4.78 is 6.86. The first kappa shape index (κ1) is 27.6. The van der Waals surface area contributed by atoms with Gasteiger partial charge in [0, 0.05) is 35.8 Å². The molecule has 1 aromatic heterocycles. The van der Waals surface area contributed by atoms with Gasteiger partial charge in [-0.05, 0) is 90.9 Å². The predicted octanol–water partition coefficient (Wildman–Crippen LogP) is 6.05. The minimum Gasteiger partial charge on any atom is -0.455 e. The van der Waals surface area contributed by atoms with Crippen molar-refractivity contribution < 1.29 is 18.8 Å². The molecule has 3 amide bonds. The van der Waals surface area contributed by atoms with Crippen molar-refractivity contribution in [2.45, 2.75) is 31.8 Å². The Labute approximate surface area is 241 Å². The lowest BCUT2D eigenvalue weighted by atomic mass is 10.0. The molecule has 0 radical (unpaired) electrons. The Morgan fingerprint density at radius 3 is 2.35 bits per heavy atom. The normalized spacial score (nSPS) is 15.8. The highest BCUT2D eigenvalue weighted by Gasteiger charge is 2.38. The van der Waals surface area contributed by atoms with Gasteiger partial charge in [-0.1, -0.05) is 30.3 Å². The Hall–Kier alpha value is -3.95. The third kappa shape index (κ3) is 5.66. The molecule has 8 nitrogen and oxygen atoms in total. The third-order valence-electron chi connectivity index (χ3n) is 7.07. The third-order valence-corrected chi connectivity index (χ3v) is 7.85. The number of nitrogens with zero attached hydrogens (tertiary/aromatic N) is 2. The van der Waals surface area contributed by atoms with Crippen LogP contribution in [-0.2, 0) is 14.4 Å². The van der Waals surface area contributed by atoms with Gasteiger partial charge in [-0.15, -0.1) is 0 Å². The number of anilines is 2. The van der Waals surface area contributed by atoms with E-state index < -0.39 is 12.1 Å². The van der Waals surface area contributed by atoms with Crippen LogP contribution in [0.25, 0.3) is 22.3 Å². The van der Waals surface area contributed by atoms with E-state index in [-0.39, 0.29) is 17.7 Å². The van der Waals surface area contributed by atoms with Crippen molar-refractivity contribution in [2.24, 2.45) is 0 Å². The van der Waals surface area contributed by atoms with Crippen LogP contribution in [0.4, 0.5) is 11.4 Å². The molecule has 4 aromatic rings. The second-order valence-electron chi connectivity index (χ2n) is 10.2. The smallest absolute Gasteiger partial charge is 0.247 e. The van der Waals surface area contributed by atoms with Crippen molar-refractivity contribution in [3.8, 4) is 11.3 Å². The first-order chi connectivity index (χ1) is 19.2. The van der Waals surface area contributed by atoms with Crippen LogP contribution in [0.2, 0.25) is 0 Å². The second-order valence-corrected chi connectivity index (χ2v) is 11.0. The van der Waals surface area contributed by atoms with E-state index >= 15 is 0 Å². The van der Waals surface area contributed by atoms with Crippen molar-refractivity contribution in [1.29, 1.82) is 0 Å². The molecule has 0 bridgehead atoms. The van der Waals surface area contributed by atoms with Gasteiger partial charge in [0.15, 0.2) is 0 Å². The molecule has 9 heteroatoms. The number of hydrogen-bond acceptors (Lipinski definition) is 5. The number of furan rings is 1. The monoisotopic (exact) mass is 602 g/mol. The largest absolute Gasteiger partial charge is 0.455 e. The SMILES string of the molecule is CC(=O)Nc1ccc(-c2oc3ccc(NC(=O)[C@@H]4CCCN4C(=O)[C@@H](c4ccccc4)N(C)C)cc3c2Br)cc1. The minimum atomic E-state index is -0.542. The molecule has 40 heavy (non-hydrogen) atoms. The number of carbonyl (C=O) groups is 3. The fraction of sp³-hybridized carbons (Fsp3) is 0.258. The van der Waals surface area contributed by atoms with Gasteiger partial charge in [0.1, 0.15) is 23.4 Å². The molecule has 3 aromatic carbocycles. The summed E-state index contributed by atoms with van der Waals surface area (Å²) in [4.78, 5) is 42.0. The summed E-state index contributed by atoms with van der Waals surface area (Å²) in [6.07, 6.45) is 1.39. The molecule has 0 saturated carbocycles. The zero-order valence-corrected chi connectivity index (χ0v) is 24.2. The Bertz CT molecular complexity index is 1550. The Morgan fingerprint density at radius 2 is 1.68 bits per heavy atom. The number of benzene rings is 3. The Balaban J connectivity index is 1.34. The van der Waals surface area contributed by atoms with E-state index in [1.165, 1.54) is 6.92 Å². The van der Waals surface area contributed by atoms with Crippen molar-refractivity contribution in [2.75, 3.05) is 31.3 Å². The van der Waals surface area contributed by atoms with Gasteiger partial charge in [0.25, 0.3) is 0 Å².